The lowest BCUT2D eigenvalue weighted by Gasteiger charge is -2.18. The molecule has 0 saturated carbocycles. The Morgan fingerprint density at radius 3 is 2.48 bits per heavy atom. The van der Waals surface area contributed by atoms with Crippen molar-refractivity contribution < 1.29 is 18.3 Å². The number of aryl methyl sites for hydroxylation is 1. The largest absolute Gasteiger partial charge is 0.416 e. The van der Waals surface area contributed by atoms with E-state index in [4.69, 9.17) is 0 Å². The van der Waals surface area contributed by atoms with Crippen LogP contribution in [0, 0.1) is 6.92 Å². The molecule has 2 rings (SSSR count). The van der Waals surface area contributed by atoms with Gasteiger partial charge in [0.15, 0.2) is 0 Å². The molecule has 0 fully saturated rings. The van der Waals surface area contributed by atoms with Gasteiger partial charge in [-0.3, -0.25) is 0 Å². The van der Waals surface area contributed by atoms with E-state index in [2.05, 4.69) is 15.9 Å². The van der Waals surface area contributed by atoms with Gasteiger partial charge in [-0.15, -0.1) is 0 Å². The molecule has 1 N–H and O–H groups in total. The lowest BCUT2D eigenvalue weighted by atomic mass is 9.96. The van der Waals surface area contributed by atoms with E-state index in [-0.39, 0.29) is 12.0 Å². The highest BCUT2D eigenvalue weighted by Gasteiger charge is 2.35. The molecule has 0 aliphatic carbocycles. The molecule has 1 unspecified atom stereocenters. The van der Waals surface area contributed by atoms with E-state index in [1.165, 1.54) is 12.1 Å². The topological polar surface area (TPSA) is 20.2 Å². The average Bonchev–Trinajstić information content (AvgIpc) is 2.37. The summed E-state index contributed by atoms with van der Waals surface area (Å²) in [6, 6.07) is 11.2. The summed E-state index contributed by atoms with van der Waals surface area (Å²) in [5.41, 5.74) is 0.898. The third-order valence-corrected chi connectivity index (χ3v) is 3.68. The molecule has 0 aliphatic rings. The van der Waals surface area contributed by atoms with Crippen LogP contribution in [0.2, 0.25) is 0 Å². The van der Waals surface area contributed by atoms with Crippen molar-refractivity contribution in [3.8, 4) is 0 Å². The maximum Gasteiger partial charge on any atom is 0.416 e. The molecule has 0 aromatic heterocycles. The Labute approximate surface area is 129 Å². The fraction of sp³-hybridized carbons (Fsp3) is 0.250. The van der Waals surface area contributed by atoms with Crippen molar-refractivity contribution in [2.75, 3.05) is 0 Å². The van der Waals surface area contributed by atoms with Gasteiger partial charge in [-0.2, -0.15) is 13.2 Å². The third-order valence-electron chi connectivity index (χ3n) is 3.19. The molecule has 0 saturated heterocycles. The fourth-order valence-electron chi connectivity index (χ4n) is 2.24. The zero-order valence-corrected chi connectivity index (χ0v) is 12.9. The second-order valence-electron chi connectivity index (χ2n) is 4.94. The summed E-state index contributed by atoms with van der Waals surface area (Å²) < 4.78 is 39.5. The van der Waals surface area contributed by atoms with Crippen molar-refractivity contribution >= 4 is 15.9 Å². The maximum atomic E-state index is 13.1. The van der Waals surface area contributed by atoms with Gasteiger partial charge in [0, 0.05) is 10.9 Å². The van der Waals surface area contributed by atoms with Crippen LogP contribution in [0.15, 0.2) is 46.9 Å². The molecule has 2 aromatic rings. The number of halogens is 4. The van der Waals surface area contributed by atoms with Crippen molar-refractivity contribution in [2.24, 2.45) is 0 Å². The molecule has 0 amide bonds. The first kappa shape index (κ1) is 16.0. The molecule has 5 heteroatoms. The Morgan fingerprint density at radius 2 is 1.86 bits per heavy atom. The van der Waals surface area contributed by atoms with E-state index in [0.717, 1.165) is 17.2 Å². The first-order chi connectivity index (χ1) is 9.77. The Balaban J connectivity index is 2.33. The highest BCUT2D eigenvalue weighted by molar-refractivity contribution is 9.10. The van der Waals surface area contributed by atoms with Gasteiger partial charge in [-0.1, -0.05) is 51.8 Å². The fourth-order valence-corrected chi connectivity index (χ4v) is 2.60. The molecular weight excluding hydrogens is 345 g/mol. The Bertz CT molecular complexity index is 638. The van der Waals surface area contributed by atoms with E-state index in [9.17, 15) is 18.3 Å². The van der Waals surface area contributed by atoms with Crippen LogP contribution in [0.3, 0.4) is 0 Å². The highest BCUT2D eigenvalue weighted by atomic mass is 79.9. The zero-order valence-electron chi connectivity index (χ0n) is 11.3. The van der Waals surface area contributed by atoms with Crippen LogP contribution in [0.4, 0.5) is 13.2 Å². The van der Waals surface area contributed by atoms with Gasteiger partial charge in [-0.05, 0) is 30.2 Å². The smallest absolute Gasteiger partial charge is 0.388 e. The third kappa shape index (κ3) is 4.08. The van der Waals surface area contributed by atoms with E-state index in [1.54, 1.807) is 6.07 Å². The van der Waals surface area contributed by atoms with Gasteiger partial charge in [0.2, 0.25) is 0 Å². The van der Waals surface area contributed by atoms with Gasteiger partial charge in [0.25, 0.3) is 0 Å². The van der Waals surface area contributed by atoms with Crippen LogP contribution < -0.4 is 0 Å². The van der Waals surface area contributed by atoms with Crippen LogP contribution in [-0.4, -0.2) is 5.11 Å². The minimum atomic E-state index is -4.49. The summed E-state index contributed by atoms with van der Waals surface area (Å²) in [4.78, 5) is 0. The number of alkyl halides is 3. The molecule has 0 radical (unpaired) electrons. The van der Waals surface area contributed by atoms with Crippen molar-refractivity contribution in [1.82, 2.24) is 0 Å². The number of benzene rings is 2. The van der Waals surface area contributed by atoms with Crippen molar-refractivity contribution in [3.63, 3.8) is 0 Å². The molecule has 0 bridgehead atoms. The quantitative estimate of drug-likeness (QED) is 0.813. The number of hydrogen-bond acceptors (Lipinski definition) is 1. The Hall–Kier alpha value is -1.33. The van der Waals surface area contributed by atoms with Crippen molar-refractivity contribution in [1.29, 1.82) is 0 Å². The average molecular weight is 359 g/mol. The SMILES string of the molecule is Cc1cccc(CC(O)c2ccc(Br)cc2C(F)(F)F)c1. The standard InChI is InChI=1S/C16H14BrF3O/c1-10-3-2-4-11(7-10)8-15(21)13-6-5-12(17)9-14(13)16(18,19)20/h2-7,9,15,21H,8H2,1H3. The first-order valence-corrected chi connectivity index (χ1v) is 7.17. The zero-order chi connectivity index (χ0) is 15.6. The van der Waals surface area contributed by atoms with Gasteiger partial charge in [0.1, 0.15) is 0 Å². The minimum Gasteiger partial charge on any atom is -0.388 e. The molecular formula is C16H14BrF3O. The second kappa shape index (κ2) is 6.20. The second-order valence-corrected chi connectivity index (χ2v) is 5.85. The molecule has 0 heterocycles. The molecule has 2 aromatic carbocycles. The van der Waals surface area contributed by atoms with Crippen LogP contribution in [-0.2, 0) is 12.6 Å². The monoisotopic (exact) mass is 358 g/mol. The van der Waals surface area contributed by atoms with E-state index in [1.807, 2.05) is 25.1 Å². The number of aliphatic hydroxyl groups excluding tert-OH is 1. The lowest BCUT2D eigenvalue weighted by Crippen LogP contribution is -2.13. The van der Waals surface area contributed by atoms with Gasteiger partial charge in [0.05, 0.1) is 11.7 Å². The predicted octanol–water partition coefficient (Wildman–Crippen LogP) is 5.05. The molecule has 1 nitrogen and oxygen atoms in total. The van der Waals surface area contributed by atoms with Crippen LogP contribution in [0.1, 0.15) is 28.4 Å². The minimum absolute atomic E-state index is 0.104. The highest BCUT2D eigenvalue weighted by Crippen LogP contribution is 2.37. The molecule has 112 valence electrons. The number of hydrogen-bond donors (Lipinski definition) is 1. The first-order valence-electron chi connectivity index (χ1n) is 6.37. The summed E-state index contributed by atoms with van der Waals surface area (Å²) in [5, 5.41) is 10.2. The molecule has 0 spiro atoms. The summed E-state index contributed by atoms with van der Waals surface area (Å²) in [5.74, 6) is 0. The Morgan fingerprint density at radius 1 is 1.14 bits per heavy atom. The summed E-state index contributed by atoms with van der Waals surface area (Å²) in [6.45, 7) is 1.90. The Kier molecular flexibility index (Phi) is 4.74. The predicted molar refractivity (Wildman–Crippen MR) is 79.0 cm³/mol. The van der Waals surface area contributed by atoms with E-state index < -0.39 is 17.8 Å². The van der Waals surface area contributed by atoms with Gasteiger partial charge in [-0.25, -0.2) is 0 Å². The van der Waals surface area contributed by atoms with Crippen LogP contribution in [0.25, 0.3) is 0 Å². The maximum absolute atomic E-state index is 13.1. The van der Waals surface area contributed by atoms with Gasteiger partial charge >= 0.3 is 6.18 Å². The number of rotatable bonds is 3. The summed E-state index contributed by atoms with van der Waals surface area (Å²) in [7, 11) is 0. The van der Waals surface area contributed by atoms with Crippen LogP contribution >= 0.6 is 15.9 Å². The normalized spacial score (nSPS) is 13.2. The molecule has 0 aliphatic heterocycles. The van der Waals surface area contributed by atoms with E-state index in [0.29, 0.717) is 4.47 Å². The van der Waals surface area contributed by atoms with Crippen molar-refractivity contribution in [3.05, 3.63) is 69.2 Å². The van der Waals surface area contributed by atoms with Crippen molar-refractivity contribution in [2.45, 2.75) is 25.6 Å². The summed E-state index contributed by atoms with van der Waals surface area (Å²) in [6.07, 6.45) is -5.55. The summed E-state index contributed by atoms with van der Waals surface area (Å²) >= 11 is 3.03. The van der Waals surface area contributed by atoms with Crippen LogP contribution in [0.5, 0.6) is 0 Å². The number of aliphatic hydroxyl groups is 1. The molecule has 1 atom stereocenters. The van der Waals surface area contributed by atoms with E-state index >= 15 is 0 Å². The molecule has 21 heavy (non-hydrogen) atoms. The lowest BCUT2D eigenvalue weighted by molar-refractivity contribution is -0.139. The van der Waals surface area contributed by atoms with Gasteiger partial charge < -0.3 is 5.11 Å².